The summed E-state index contributed by atoms with van der Waals surface area (Å²) in [6.45, 7) is 8.62. The van der Waals surface area contributed by atoms with Gasteiger partial charge in [0.1, 0.15) is 5.78 Å². The summed E-state index contributed by atoms with van der Waals surface area (Å²) in [5.74, 6) is -11.1. The van der Waals surface area contributed by atoms with Gasteiger partial charge in [0.05, 0.1) is 25.7 Å². The fourth-order valence-electron chi connectivity index (χ4n) is 2.29. The molecule has 0 spiro atoms. The Morgan fingerprint density at radius 1 is 0.686 bits per heavy atom. The summed E-state index contributed by atoms with van der Waals surface area (Å²) in [4.78, 5) is 87.0. The molecule has 35 heavy (non-hydrogen) atoms. The van der Waals surface area contributed by atoms with Crippen LogP contribution in [0, 0.1) is 0 Å². The van der Waals surface area contributed by atoms with Gasteiger partial charge in [-0.15, -0.1) is 0 Å². The van der Waals surface area contributed by atoms with E-state index in [1.165, 1.54) is 6.92 Å². The number of carbonyl (C=O) groups is 8. The van der Waals surface area contributed by atoms with Crippen LogP contribution in [0.5, 0.6) is 0 Å². The molecule has 0 amide bonds. The third kappa shape index (κ3) is 11.7. The molecular weight excluding hydrogens is 480 g/mol. The van der Waals surface area contributed by atoms with E-state index in [1.807, 2.05) is 0 Å². The van der Waals surface area contributed by atoms with E-state index >= 15 is 0 Å². The van der Waals surface area contributed by atoms with E-state index in [-0.39, 0.29) is 5.57 Å². The summed E-state index contributed by atoms with van der Waals surface area (Å²) in [7, 11) is 0. The van der Waals surface area contributed by atoms with Gasteiger partial charge in [-0.2, -0.15) is 0 Å². The number of carboxylic acid groups (broad SMARTS) is 5. The van der Waals surface area contributed by atoms with Gasteiger partial charge in [-0.05, 0) is 13.8 Å². The lowest BCUT2D eigenvalue weighted by Gasteiger charge is -2.26. The average Bonchev–Trinajstić information content (AvgIpc) is 2.65. The number of aliphatic carboxylic acids is 5. The van der Waals surface area contributed by atoms with Gasteiger partial charge < -0.3 is 35.0 Å². The second-order valence-electron chi connectivity index (χ2n) is 6.98. The van der Waals surface area contributed by atoms with Crippen LogP contribution in [0.25, 0.3) is 0 Å². The molecule has 0 aliphatic carbocycles. The van der Waals surface area contributed by atoms with Crippen LogP contribution in [0.2, 0.25) is 0 Å². The smallest absolute Gasteiger partial charge is 0.349 e. The maximum Gasteiger partial charge on any atom is 0.349 e. The number of ketones is 1. The van der Waals surface area contributed by atoms with E-state index < -0.39 is 84.5 Å². The average molecular weight is 504 g/mol. The third-order valence-corrected chi connectivity index (χ3v) is 3.72. The zero-order valence-electron chi connectivity index (χ0n) is 18.6. The zero-order valence-corrected chi connectivity index (χ0v) is 18.6. The maximum absolute atomic E-state index is 11.3. The highest BCUT2D eigenvalue weighted by molar-refractivity contribution is 5.95. The van der Waals surface area contributed by atoms with Gasteiger partial charge in [0.2, 0.25) is 11.2 Å². The van der Waals surface area contributed by atoms with Crippen LogP contribution >= 0.6 is 0 Å². The fourth-order valence-corrected chi connectivity index (χ4v) is 2.29. The van der Waals surface area contributed by atoms with E-state index in [9.17, 15) is 38.4 Å². The Morgan fingerprint density at radius 2 is 1.03 bits per heavy atom. The van der Waals surface area contributed by atoms with Gasteiger partial charge in [-0.3, -0.25) is 19.2 Å². The van der Waals surface area contributed by atoms with E-state index in [0.717, 1.165) is 6.92 Å². The van der Waals surface area contributed by atoms with Crippen LogP contribution in [-0.2, 0) is 47.8 Å². The topological polar surface area (TPSA) is 256 Å². The molecule has 0 saturated carbocycles. The van der Waals surface area contributed by atoms with Crippen LogP contribution in [0.15, 0.2) is 24.8 Å². The van der Waals surface area contributed by atoms with Crippen molar-refractivity contribution in [3.8, 4) is 0 Å². The van der Waals surface area contributed by atoms with Crippen molar-refractivity contribution in [3.63, 3.8) is 0 Å². The second-order valence-corrected chi connectivity index (χ2v) is 6.98. The SMILES string of the molecule is C=C(C)C(=O)OC(CC(C)=O)(CC(=O)O)C(=O)O.C=CC(=O)OC(CC(=O)O)(CC(=O)O)C(=O)O. The molecule has 0 rings (SSSR count). The monoisotopic (exact) mass is 504 g/mol. The highest BCUT2D eigenvalue weighted by atomic mass is 16.6. The molecule has 194 valence electrons. The summed E-state index contributed by atoms with van der Waals surface area (Å²) in [6.07, 6.45) is -3.42. The largest absolute Gasteiger partial charge is 0.481 e. The molecule has 0 saturated heterocycles. The predicted molar refractivity (Wildman–Crippen MR) is 110 cm³/mol. The summed E-state index contributed by atoms with van der Waals surface area (Å²) < 4.78 is 9.00. The lowest BCUT2D eigenvalue weighted by molar-refractivity contribution is -0.183. The van der Waals surface area contributed by atoms with E-state index in [1.54, 1.807) is 0 Å². The predicted octanol–water partition coefficient (Wildman–Crippen LogP) is -0.129. The number of hydrogen-bond acceptors (Lipinski definition) is 10. The van der Waals surface area contributed by atoms with Crippen molar-refractivity contribution in [3.05, 3.63) is 24.8 Å². The number of carboxylic acids is 5. The molecule has 0 radical (unpaired) electrons. The Kier molecular flexibility index (Phi) is 12.9. The number of rotatable bonds is 14. The minimum Gasteiger partial charge on any atom is -0.481 e. The number of carbonyl (C=O) groups excluding carboxylic acids is 3. The quantitative estimate of drug-likeness (QED) is 0.152. The lowest BCUT2D eigenvalue weighted by Crippen LogP contribution is -2.46. The molecule has 0 aliphatic heterocycles. The molecule has 0 bridgehead atoms. The van der Waals surface area contributed by atoms with Crippen LogP contribution in [0.1, 0.15) is 39.5 Å². The molecular formula is C20H24O15. The summed E-state index contributed by atoms with van der Waals surface area (Å²) in [5.41, 5.74) is -5.12. The van der Waals surface area contributed by atoms with Crippen molar-refractivity contribution in [2.24, 2.45) is 0 Å². The highest BCUT2D eigenvalue weighted by Crippen LogP contribution is 2.24. The van der Waals surface area contributed by atoms with Crippen LogP contribution in [-0.4, -0.2) is 84.3 Å². The van der Waals surface area contributed by atoms with Crippen LogP contribution < -0.4 is 0 Å². The molecule has 0 aliphatic rings. The first kappa shape index (κ1) is 32.6. The molecule has 0 fully saturated rings. The Hall–Kier alpha value is -4.56. The second kappa shape index (κ2) is 13.9. The van der Waals surface area contributed by atoms with Crippen molar-refractivity contribution in [1.82, 2.24) is 0 Å². The number of ether oxygens (including phenoxy) is 2. The Labute approximate surface area is 197 Å². The van der Waals surface area contributed by atoms with Crippen molar-refractivity contribution >= 4 is 47.6 Å². The molecule has 15 heteroatoms. The summed E-state index contributed by atoms with van der Waals surface area (Å²) >= 11 is 0. The number of esters is 2. The van der Waals surface area contributed by atoms with Gasteiger partial charge >= 0.3 is 41.8 Å². The standard InChI is InChI=1S/C11H14O7.C9H10O8/c1-6(2)9(15)18-11(10(16)17,4-7(3)12)5-8(13)14;1-2-7(14)17-9(8(15)16,3-5(10)11)4-6(12)13/h1,4-5H2,2-3H3,(H,13,14)(H,16,17);2H,1,3-4H2,(H,10,11)(H,12,13)(H,15,16). The molecule has 0 aromatic heterocycles. The Bertz CT molecular complexity index is 895. The molecule has 5 N–H and O–H groups in total. The van der Waals surface area contributed by atoms with Crippen molar-refractivity contribution in [1.29, 1.82) is 0 Å². The maximum atomic E-state index is 11.3. The molecule has 15 nitrogen and oxygen atoms in total. The summed E-state index contributed by atoms with van der Waals surface area (Å²) in [6, 6.07) is 0. The molecule has 1 unspecified atom stereocenters. The molecule has 0 aromatic carbocycles. The molecule has 0 aromatic rings. The first-order valence-corrected chi connectivity index (χ1v) is 9.20. The van der Waals surface area contributed by atoms with Crippen LogP contribution in [0.4, 0.5) is 0 Å². The van der Waals surface area contributed by atoms with Crippen LogP contribution in [0.3, 0.4) is 0 Å². The van der Waals surface area contributed by atoms with Gasteiger partial charge in [0.25, 0.3) is 0 Å². The minimum absolute atomic E-state index is 0.0884. The van der Waals surface area contributed by atoms with E-state index in [2.05, 4.69) is 22.6 Å². The van der Waals surface area contributed by atoms with Crippen molar-refractivity contribution in [2.45, 2.75) is 50.7 Å². The summed E-state index contributed by atoms with van der Waals surface area (Å²) in [5, 5.41) is 43.6. The van der Waals surface area contributed by atoms with Gasteiger partial charge in [0.15, 0.2) is 0 Å². The van der Waals surface area contributed by atoms with Gasteiger partial charge in [-0.1, -0.05) is 13.2 Å². The fraction of sp³-hybridized carbons (Fsp3) is 0.400. The van der Waals surface area contributed by atoms with Gasteiger partial charge in [0, 0.05) is 11.6 Å². The zero-order chi connectivity index (χ0) is 28.1. The Morgan fingerprint density at radius 3 is 1.26 bits per heavy atom. The first-order chi connectivity index (χ1) is 15.8. The van der Waals surface area contributed by atoms with Crippen molar-refractivity contribution in [2.75, 3.05) is 0 Å². The third-order valence-electron chi connectivity index (χ3n) is 3.72. The molecule has 1 atom stereocenters. The van der Waals surface area contributed by atoms with Crippen molar-refractivity contribution < 1.29 is 73.4 Å². The van der Waals surface area contributed by atoms with E-state index in [0.29, 0.717) is 6.08 Å². The first-order valence-electron chi connectivity index (χ1n) is 9.20. The lowest BCUT2D eigenvalue weighted by atomic mass is 9.93. The number of Topliss-reactive ketones (excluding diaryl/α,β-unsaturated/α-hetero) is 1. The van der Waals surface area contributed by atoms with E-state index in [4.69, 9.17) is 25.5 Å². The minimum atomic E-state index is -2.64. The molecule has 0 heterocycles. The Balaban J connectivity index is 0. The normalized spacial score (nSPS) is 11.8. The highest BCUT2D eigenvalue weighted by Gasteiger charge is 2.47. The van der Waals surface area contributed by atoms with Gasteiger partial charge in [-0.25, -0.2) is 19.2 Å². The number of hydrogen-bond donors (Lipinski definition) is 5.